The smallest absolute Gasteiger partial charge is 0.251 e. The number of carbonyl (C=O) groups excluding carboxylic acids is 2. The van der Waals surface area contributed by atoms with E-state index in [1.54, 1.807) is 24.1 Å². The van der Waals surface area contributed by atoms with Crippen LogP contribution in [0.25, 0.3) is 11.0 Å². The Balaban J connectivity index is 1.30. The minimum Gasteiger partial charge on any atom is -0.497 e. The summed E-state index contributed by atoms with van der Waals surface area (Å²) in [4.78, 5) is 32.0. The third kappa shape index (κ3) is 6.97. The highest BCUT2D eigenvalue weighted by Gasteiger charge is 2.16. The lowest BCUT2D eigenvalue weighted by atomic mass is 10.1. The molecule has 0 fully saturated rings. The summed E-state index contributed by atoms with van der Waals surface area (Å²) in [6, 6.07) is 25.1. The van der Waals surface area contributed by atoms with Gasteiger partial charge in [0.2, 0.25) is 5.91 Å². The van der Waals surface area contributed by atoms with E-state index < -0.39 is 0 Å². The third-order valence-corrected chi connectivity index (χ3v) is 6.41. The van der Waals surface area contributed by atoms with E-state index in [1.165, 1.54) is 0 Å². The van der Waals surface area contributed by atoms with Crippen LogP contribution in [0, 0.1) is 0 Å². The molecule has 0 radical (unpaired) electrons. The maximum absolute atomic E-state index is 13.1. The van der Waals surface area contributed by atoms with Gasteiger partial charge in [-0.1, -0.05) is 55.0 Å². The van der Waals surface area contributed by atoms with Gasteiger partial charge in [-0.15, -0.1) is 0 Å². The fourth-order valence-corrected chi connectivity index (χ4v) is 4.35. The summed E-state index contributed by atoms with van der Waals surface area (Å²) in [6.07, 6.45) is 3.51. The van der Waals surface area contributed by atoms with Crippen molar-refractivity contribution in [2.75, 3.05) is 20.7 Å². The van der Waals surface area contributed by atoms with Crippen molar-refractivity contribution in [3.05, 3.63) is 95.8 Å². The number of nitrogens with one attached hydrogen (secondary N) is 1. The van der Waals surface area contributed by atoms with Gasteiger partial charge >= 0.3 is 0 Å². The molecule has 1 aromatic heterocycles. The number of rotatable bonds is 12. The number of nitrogens with zero attached hydrogens (tertiary/aromatic N) is 3. The molecule has 0 aliphatic heterocycles. The Labute approximate surface area is 218 Å². The topological polar surface area (TPSA) is 76.5 Å². The number of hydrogen-bond acceptors (Lipinski definition) is 4. The Bertz CT molecular complexity index is 1330. The minimum absolute atomic E-state index is 0.0495. The van der Waals surface area contributed by atoms with Crippen molar-refractivity contribution < 1.29 is 14.3 Å². The largest absolute Gasteiger partial charge is 0.497 e. The first-order valence-electron chi connectivity index (χ1n) is 12.7. The number of ether oxygens (including phenoxy) is 1. The minimum atomic E-state index is -0.0983. The van der Waals surface area contributed by atoms with Crippen LogP contribution >= 0.6 is 0 Å². The number of likely N-dealkylation sites (N-methyl/N-ethyl adjacent to an activating group) is 1. The van der Waals surface area contributed by atoms with E-state index in [9.17, 15) is 9.59 Å². The maximum atomic E-state index is 13.1. The van der Waals surface area contributed by atoms with Crippen molar-refractivity contribution in [3.8, 4) is 5.75 Å². The lowest BCUT2D eigenvalue weighted by Gasteiger charge is -2.19. The van der Waals surface area contributed by atoms with Gasteiger partial charge in [0.05, 0.1) is 18.1 Å². The quantitative estimate of drug-likeness (QED) is 0.284. The van der Waals surface area contributed by atoms with Crippen molar-refractivity contribution in [2.45, 2.75) is 38.8 Å². The first-order chi connectivity index (χ1) is 18.0. The van der Waals surface area contributed by atoms with Crippen molar-refractivity contribution in [1.82, 2.24) is 19.8 Å². The number of benzene rings is 3. The summed E-state index contributed by atoms with van der Waals surface area (Å²) in [7, 11) is 3.43. The second kappa shape index (κ2) is 12.7. The highest BCUT2D eigenvalue weighted by Crippen LogP contribution is 2.19. The van der Waals surface area contributed by atoms with Gasteiger partial charge in [-0.25, -0.2) is 4.98 Å². The zero-order valence-corrected chi connectivity index (χ0v) is 21.5. The molecule has 0 atom stereocenters. The molecule has 0 aliphatic carbocycles. The van der Waals surface area contributed by atoms with Crippen LogP contribution in [0.4, 0.5) is 0 Å². The summed E-state index contributed by atoms with van der Waals surface area (Å²) < 4.78 is 7.23. The Morgan fingerprint density at radius 3 is 2.54 bits per heavy atom. The molecule has 4 aromatic rings. The molecule has 7 heteroatoms. The number of unbranched alkanes of at least 4 members (excludes halogenated alkanes) is 2. The van der Waals surface area contributed by atoms with E-state index in [0.29, 0.717) is 24.4 Å². The van der Waals surface area contributed by atoms with Crippen molar-refractivity contribution in [2.24, 2.45) is 0 Å². The SMILES string of the molecule is COc1cccc(C(=O)NCCCCCc2nc3ccccc3n2CC(=O)N(C)Cc2ccccc2)c1. The molecule has 1 N–H and O–H groups in total. The highest BCUT2D eigenvalue weighted by molar-refractivity contribution is 5.94. The predicted octanol–water partition coefficient (Wildman–Crippen LogP) is 4.85. The molecular weight excluding hydrogens is 464 g/mol. The maximum Gasteiger partial charge on any atom is 0.251 e. The number of hydrogen-bond donors (Lipinski definition) is 1. The number of methoxy groups -OCH3 is 1. The molecule has 7 nitrogen and oxygen atoms in total. The number of imidazole rings is 1. The molecule has 0 spiro atoms. The highest BCUT2D eigenvalue weighted by atomic mass is 16.5. The Kier molecular flexibility index (Phi) is 8.92. The van der Waals surface area contributed by atoms with E-state index in [4.69, 9.17) is 9.72 Å². The van der Waals surface area contributed by atoms with Gasteiger partial charge < -0.3 is 19.5 Å². The van der Waals surface area contributed by atoms with Crippen molar-refractivity contribution >= 4 is 22.8 Å². The fourth-order valence-electron chi connectivity index (χ4n) is 4.35. The monoisotopic (exact) mass is 498 g/mol. The van der Waals surface area contributed by atoms with Gasteiger partial charge in [0.15, 0.2) is 0 Å². The number of aryl methyl sites for hydroxylation is 1. The Hall–Kier alpha value is -4.13. The van der Waals surface area contributed by atoms with Crippen LogP contribution in [0.5, 0.6) is 5.75 Å². The lowest BCUT2D eigenvalue weighted by Crippen LogP contribution is -2.30. The van der Waals surface area contributed by atoms with Crippen molar-refractivity contribution in [1.29, 1.82) is 0 Å². The fraction of sp³-hybridized carbons (Fsp3) is 0.300. The van der Waals surface area contributed by atoms with Gasteiger partial charge in [0.25, 0.3) is 5.91 Å². The summed E-state index contributed by atoms with van der Waals surface area (Å²) >= 11 is 0. The first-order valence-corrected chi connectivity index (χ1v) is 12.7. The van der Waals surface area contributed by atoms with E-state index in [0.717, 1.165) is 48.1 Å². The predicted molar refractivity (Wildman–Crippen MR) is 146 cm³/mol. The van der Waals surface area contributed by atoms with Crippen LogP contribution in [0.2, 0.25) is 0 Å². The normalized spacial score (nSPS) is 10.9. The number of amides is 2. The molecule has 192 valence electrons. The summed E-state index contributed by atoms with van der Waals surface area (Å²) in [5.74, 6) is 1.54. The van der Waals surface area contributed by atoms with Crippen LogP contribution < -0.4 is 10.1 Å². The molecule has 0 saturated heterocycles. The van der Waals surface area contributed by atoms with Crippen LogP contribution in [-0.2, 0) is 24.3 Å². The lowest BCUT2D eigenvalue weighted by molar-refractivity contribution is -0.131. The van der Waals surface area contributed by atoms with Gasteiger partial charge in [-0.2, -0.15) is 0 Å². The van der Waals surface area contributed by atoms with E-state index in [1.807, 2.05) is 78.3 Å². The number of aromatic nitrogens is 2. The molecule has 2 amide bonds. The number of para-hydroxylation sites is 2. The molecule has 3 aromatic carbocycles. The van der Waals surface area contributed by atoms with Gasteiger partial charge in [-0.05, 0) is 48.7 Å². The van der Waals surface area contributed by atoms with Crippen LogP contribution in [-0.4, -0.2) is 47.0 Å². The molecule has 0 aliphatic rings. The first kappa shape index (κ1) is 25.9. The Morgan fingerprint density at radius 2 is 1.73 bits per heavy atom. The number of fused-ring (bicyclic) bond motifs is 1. The molecule has 0 bridgehead atoms. The summed E-state index contributed by atoms with van der Waals surface area (Å²) in [5, 5.41) is 2.97. The molecule has 1 heterocycles. The number of carbonyl (C=O) groups is 2. The summed E-state index contributed by atoms with van der Waals surface area (Å²) in [5.41, 5.74) is 3.58. The zero-order chi connectivity index (χ0) is 26.0. The van der Waals surface area contributed by atoms with Gasteiger partial charge in [0.1, 0.15) is 18.1 Å². The third-order valence-electron chi connectivity index (χ3n) is 6.41. The molecule has 37 heavy (non-hydrogen) atoms. The molecule has 4 rings (SSSR count). The van der Waals surface area contributed by atoms with Gasteiger partial charge in [-0.3, -0.25) is 9.59 Å². The second-order valence-corrected chi connectivity index (χ2v) is 9.14. The molecular formula is C30H34N4O3. The summed E-state index contributed by atoms with van der Waals surface area (Å²) in [6.45, 7) is 1.44. The zero-order valence-electron chi connectivity index (χ0n) is 21.5. The molecule has 0 unspecified atom stereocenters. The Morgan fingerprint density at radius 1 is 0.946 bits per heavy atom. The standard InChI is InChI=1S/C30H34N4O3/c1-33(21-23-12-5-3-6-13-23)29(35)22-34-27-17-9-8-16-26(27)32-28(34)18-7-4-10-19-31-30(36)24-14-11-15-25(20-24)37-2/h3,5-6,8-9,11-17,20H,4,7,10,18-19,21-22H2,1-2H3,(H,31,36). The van der Waals surface area contributed by atoms with Crippen LogP contribution in [0.1, 0.15) is 41.0 Å². The van der Waals surface area contributed by atoms with Crippen LogP contribution in [0.15, 0.2) is 78.9 Å². The van der Waals surface area contributed by atoms with Gasteiger partial charge in [0, 0.05) is 32.1 Å². The van der Waals surface area contributed by atoms with E-state index in [-0.39, 0.29) is 18.4 Å². The van der Waals surface area contributed by atoms with Crippen LogP contribution in [0.3, 0.4) is 0 Å². The average Bonchev–Trinajstić information content (AvgIpc) is 3.28. The van der Waals surface area contributed by atoms with E-state index in [2.05, 4.69) is 5.32 Å². The van der Waals surface area contributed by atoms with Crippen molar-refractivity contribution in [3.63, 3.8) is 0 Å². The second-order valence-electron chi connectivity index (χ2n) is 9.14. The van der Waals surface area contributed by atoms with E-state index >= 15 is 0 Å². The molecule has 0 saturated carbocycles. The average molecular weight is 499 g/mol.